The number of rotatable bonds is 9. The van der Waals surface area contributed by atoms with Crippen LogP contribution in [0.5, 0.6) is 5.75 Å². The van der Waals surface area contributed by atoms with Gasteiger partial charge in [0, 0.05) is 22.6 Å². The molecule has 2 rings (SSSR count). The Balaban J connectivity index is 2.24. The highest BCUT2D eigenvalue weighted by atomic mass is 35.5. The van der Waals surface area contributed by atoms with E-state index in [9.17, 15) is 14.0 Å². The number of carbonyl (C=O) groups is 2. The Morgan fingerprint density at radius 1 is 1.13 bits per heavy atom. The number of amides is 2. The van der Waals surface area contributed by atoms with Gasteiger partial charge in [0.25, 0.3) is 5.91 Å². The smallest absolute Gasteiger partial charge is 0.261 e. The van der Waals surface area contributed by atoms with Crippen LogP contribution in [0.4, 0.5) is 4.39 Å². The molecular formula is C22H25Cl2FN2O3. The maximum absolute atomic E-state index is 13.1. The third kappa shape index (κ3) is 6.89. The summed E-state index contributed by atoms with van der Waals surface area (Å²) >= 11 is 12.3. The lowest BCUT2D eigenvalue weighted by molar-refractivity contribution is -0.143. The van der Waals surface area contributed by atoms with Gasteiger partial charge in [0.05, 0.1) is 0 Å². The monoisotopic (exact) mass is 454 g/mol. The van der Waals surface area contributed by atoms with Crippen LogP contribution < -0.4 is 10.1 Å². The number of hydrogen-bond acceptors (Lipinski definition) is 3. The second-order valence-electron chi connectivity index (χ2n) is 7.09. The summed E-state index contributed by atoms with van der Waals surface area (Å²) in [7, 11) is 0. The van der Waals surface area contributed by atoms with E-state index in [4.69, 9.17) is 27.9 Å². The summed E-state index contributed by atoms with van der Waals surface area (Å²) in [6.07, 6.45) is 0.409. The number of nitrogens with one attached hydrogen (secondary N) is 1. The summed E-state index contributed by atoms with van der Waals surface area (Å²) in [6, 6.07) is 9.57. The second-order valence-corrected chi connectivity index (χ2v) is 7.93. The third-order valence-electron chi connectivity index (χ3n) is 4.35. The van der Waals surface area contributed by atoms with Crippen molar-refractivity contribution in [1.82, 2.24) is 10.2 Å². The molecule has 1 N–H and O–H groups in total. The SMILES string of the molecule is CC[C@H](C(=O)NC(C)C)N(Cc1ccc(Cl)cc1Cl)C(=O)COc1ccc(F)cc1. The summed E-state index contributed by atoms with van der Waals surface area (Å²) in [5.74, 6) is -0.693. The predicted molar refractivity (Wildman–Crippen MR) is 116 cm³/mol. The van der Waals surface area contributed by atoms with Crippen molar-refractivity contribution in [1.29, 1.82) is 0 Å². The summed E-state index contributed by atoms with van der Waals surface area (Å²) in [6.45, 7) is 5.35. The highest BCUT2D eigenvalue weighted by Gasteiger charge is 2.29. The summed E-state index contributed by atoms with van der Waals surface area (Å²) < 4.78 is 18.6. The average Bonchev–Trinajstić information content (AvgIpc) is 2.68. The maximum Gasteiger partial charge on any atom is 0.261 e. The van der Waals surface area contributed by atoms with Gasteiger partial charge in [-0.15, -0.1) is 0 Å². The molecule has 0 radical (unpaired) electrons. The lowest BCUT2D eigenvalue weighted by Crippen LogP contribution is -2.51. The Morgan fingerprint density at radius 2 is 1.80 bits per heavy atom. The molecule has 30 heavy (non-hydrogen) atoms. The van der Waals surface area contributed by atoms with E-state index in [-0.39, 0.29) is 25.1 Å². The summed E-state index contributed by atoms with van der Waals surface area (Å²) in [5, 5.41) is 3.73. The lowest BCUT2D eigenvalue weighted by atomic mass is 10.1. The van der Waals surface area contributed by atoms with Gasteiger partial charge in [0.1, 0.15) is 17.6 Å². The molecule has 0 saturated heterocycles. The van der Waals surface area contributed by atoms with Crippen LogP contribution in [0.3, 0.4) is 0 Å². The van der Waals surface area contributed by atoms with Crippen molar-refractivity contribution < 1.29 is 18.7 Å². The van der Waals surface area contributed by atoms with Crippen LogP contribution in [0.1, 0.15) is 32.8 Å². The van der Waals surface area contributed by atoms with Crippen molar-refractivity contribution in [2.75, 3.05) is 6.61 Å². The molecule has 0 fully saturated rings. The fourth-order valence-corrected chi connectivity index (χ4v) is 3.36. The van der Waals surface area contributed by atoms with Crippen LogP contribution in [0, 0.1) is 5.82 Å². The molecule has 1 atom stereocenters. The van der Waals surface area contributed by atoms with E-state index in [1.165, 1.54) is 29.2 Å². The first-order valence-electron chi connectivity index (χ1n) is 9.63. The van der Waals surface area contributed by atoms with Crippen LogP contribution >= 0.6 is 23.2 Å². The molecule has 8 heteroatoms. The second kappa shape index (κ2) is 11.2. The maximum atomic E-state index is 13.1. The van der Waals surface area contributed by atoms with E-state index in [2.05, 4.69) is 5.32 Å². The van der Waals surface area contributed by atoms with Gasteiger partial charge in [-0.3, -0.25) is 9.59 Å². The Bertz CT molecular complexity index is 875. The Kier molecular flexibility index (Phi) is 8.93. The first-order valence-corrected chi connectivity index (χ1v) is 10.4. The molecule has 2 aromatic carbocycles. The molecule has 5 nitrogen and oxygen atoms in total. The van der Waals surface area contributed by atoms with Crippen LogP contribution in [0.25, 0.3) is 0 Å². The molecule has 0 aliphatic carbocycles. The van der Waals surface area contributed by atoms with Crippen LogP contribution in [-0.4, -0.2) is 35.4 Å². The van der Waals surface area contributed by atoms with E-state index in [0.717, 1.165) is 0 Å². The first-order chi connectivity index (χ1) is 14.2. The molecule has 0 aliphatic heterocycles. The molecule has 0 spiro atoms. The molecule has 0 aliphatic rings. The van der Waals surface area contributed by atoms with Gasteiger partial charge in [-0.1, -0.05) is 36.2 Å². The molecule has 2 aromatic rings. The highest BCUT2D eigenvalue weighted by Crippen LogP contribution is 2.24. The van der Waals surface area contributed by atoms with Crippen molar-refractivity contribution in [2.45, 2.75) is 45.8 Å². The minimum absolute atomic E-state index is 0.0712. The van der Waals surface area contributed by atoms with Crippen molar-refractivity contribution in [3.8, 4) is 5.75 Å². The minimum atomic E-state index is -0.705. The topological polar surface area (TPSA) is 58.6 Å². The highest BCUT2D eigenvalue weighted by molar-refractivity contribution is 6.35. The molecule has 0 aromatic heterocycles. The predicted octanol–water partition coefficient (Wildman–Crippen LogP) is 4.84. The van der Waals surface area contributed by atoms with Gasteiger partial charge < -0.3 is 15.0 Å². The zero-order valence-corrected chi connectivity index (χ0v) is 18.6. The number of hydrogen-bond donors (Lipinski definition) is 1. The fourth-order valence-electron chi connectivity index (χ4n) is 2.89. The van der Waals surface area contributed by atoms with Gasteiger partial charge in [-0.2, -0.15) is 0 Å². The van der Waals surface area contributed by atoms with Gasteiger partial charge >= 0.3 is 0 Å². The molecule has 0 unspecified atom stereocenters. The zero-order chi connectivity index (χ0) is 22.3. The van der Waals surface area contributed by atoms with E-state index >= 15 is 0 Å². The standard InChI is InChI=1S/C22H25Cl2FN2O3/c1-4-20(22(29)26-14(2)3)27(12-15-5-6-16(23)11-19(15)24)21(28)13-30-18-9-7-17(25)8-10-18/h5-11,14,20H,4,12-13H2,1-3H3,(H,26,29)/t20-/m1/s1. The van der Waals surface area contributed by atoms with Gasteiger partial charge in [0.15, 0.2) is 6.61 Å². The molecule has 0 heterocycles. The van der Waals surface area contributed by atoms with E-state index in [1.54, 1.807) is 18.2 Å². The summed E-state index contributed by atoms with van der Waals surface area (Å²) in [5.41, 5.74) is 0.659. The number of carbonyl (C=O) groups excluding carboxylic acids is 2. The van der Waals surface area contributed by atoms with Crippen molar-refractivity contribution in [2.24, 2.45) is 0 Å². The third-order valence-corrected chi connectivity index (χ3v) is 4.94. The lowest BCUT2D eigenvalue weighted by Gasteiger charge is -2.31. The normalized spacial score (nSPS) is 11.8. The van der Waals surface area contributed by atoms with Crippen LogP contribution in [0.15, 0.2) is 42.5 Å². The van der Waals surface area contributed by atoms with Crippen LogP contribution in [0.2, 0.25) is 10.0 Å². The van der Waals surface area contributed by atoms with Crippen LogP contribution in [-0.2, 0) is 16.1 Å². The molecular weight excluding hydrogens is 430 g/mol. The fraction of sp³-hybridized carbons (Fsp3) is 0.364. The number of ether oxygens (including phenoxy) is 1. The van der Waals surface area contributed by atoms with Crippen molar-refractivity contribution in [3.05, 3.63) is 63.9 Å². The van der Waals surface area contributed by atoms with Crippen molar-refractivity contribution >= 4 is 35.0 Å². The molecule has 0 bridgehead atoms. The Morgan fingerprint density at radius 3 is 2.37 bits per heavy atom. The number of halogens is 3. The van der Waals surface area contributed by atoms with Gasteiger partial charge in [-0.25, -0.2) is 4.39 Å². The number of nitrogens with zero attached hydrogens (tertiary/aromatic N) is 1. The van der Waals surface area contributed by atoms with Crippen molar-refractivity contribution in [3.63, 3.8) is 0 Å². The number of benzene rings is 2. The minimum Gasteiger partial charge on any atom is -0.484 e. The first kappa shape index (κ1) is 24.0. The van der Waals surface area contributed by atoms with Gasteiger partial charge in [0.2, 0.25) is 5.91 Å². The molecule has 162 valence electrons. The van der Waals surface area contributed by atoms with E-state index < -0.39 is 17.8 Å². The average molecular weight is 455 g/mol. The molecule has 0 saturated carbocycles. The summed E-state index contributed by atoms with van der Waals surface area (Å²) in [4.78, 5) is 27.2. The zero-order valence-electron chi connectivity index (χ0n) is 17.1. The Hall–Kier alpha value is -2.31. The quantitative estimate of drug-likeness (QED) is 0.589. The van der Waals surface area contributed by atoms with E-state index in [1.807, 2.05) is 20.8 Å². The largest absolute Gasteiger partial charge is 0.484 e. The van der Waals surface area contributed by atoms with E-state index in [0.29, 0.717) is 27.8 Å². The van der Waals surface area contributed by atoms with Gasteiger partial charge in [-0.05, 0) is 62.2 Å². The molecule has 2 amide bonds. The Labute approximate surface area is 186 Å².